The van der Waals surface area contributed by atoms with Gasteiger partial charge in [0.25, 0.3) is 5.91 Å². The van der Waals surface area contributed by atoms with E-state index in [2.05, 4.69) is 11.9 Å². The number of likely N-dealkylation sites (tertiary alicyclic amines) is 1. The number of benzene rings is 2. The molecule has 1 fully saturated rings. The molecule has 186 valence electrons. The molecule has 1 aliphatic heterocycles. The quantitative estimate of drug-likeness (QED) is 0.318. The monoisotopic (exact) mass is 503 g/mol. The van der Waals surface area contributed by atoms with Crippen LogP contribution in [0.5, 0.6) is 0 Å². The number of amides is 2. The van der Waals surface area contributed by atoms with E-state index in [0.29, 0.717) is 56.9 Å². The second-order valence-corrected chi connectivity index (χ2v) is 10.7. The van der Waals surface area contributed by atoms with Crippen molar-refractivity contribution >= 4 is 44.7 Å². The van der Waals surface area contributed by atoms with Crippen LogP contribution in [0.15, 0.2) is 43.0 Å². The first kappa shape index (κ1) is 24.2. The van der Waals surface area contributed by atoms with E-state index >= 15 is 0 Å². The van der Waals surface area contributed by atoms with E-state index in [0.717, 1.165) is 11.1 Å². The standard InChI is InChI=1S/C27H29N5O3S/c1-4-19(33)32-10-9-15(12-32)31-26(35)24-21-20-17(7-8-18(28)23(20)36-24)27(30,25(34)22(21)29)16-6-5-13(2)11-14(16)3/h4-8,11,15,22H,1,9-10,12,28-30H2,2-3H3,(H,31,35). The number of nitrogens with two attached hydrogens (primary N) is 3. The minimum absolute atomic E-state index is 0.167. The van der Waals surface area contributed by atoms with Gasteiger partial charge in [-0.2, -0.15) is 0 Å². The lowest BCUT2D eigenvalue weighted by Crippen LogP contribution is -2.53. The number of nitrogens with one attached hydrogen (secondary N) is 1. The number of rotatable bonds is 4. The lowest BCUT2D eigenvalue weighted by molar-refractivity contribution is -0.125. The van der Waals surface area contributed by atoms with Gasteiger partial charge in [0.2, 0.25) is 5.91 Å². The third kappa shape index (κ3) is 3.46. The van der Waals surface area contributed by atoms with E-state index in [4.69, 9.17) is 17.2 Å². The molecule has 0 spiro atoms. The molecule has 1 aliphatic carbocycles. The number of anilines is 1. The molecule has 3 unspecified atom stereocenters. The maximum Gasteiger partial charge on any atom is 0.262 e. The van der Waals surface area contributed by atoms with Crippen LogP contribution >= 0.6 is 11.3 Å². The molecule has 1 saturated heterocycles. The molecular weight excluding hydrogens is 474 g/mol. The molecule has 3 atom stereocenters. The van der Waals surface area contributed by atoms with Crippen molar-refractivity contribution in [2.75, 3.05) is 18.8 Å². The average Bonchev–Trinajstić information content (AvgIpc) is 3.47. The van der Waals surface area contributed by atoms with E-state index < -0.39 is 11.6 Å². The van der Waals surface area contributed by atoms with Crippen molar-refractivity contribution in [1.29, 1.82) is 0 Å². The average molecular weight is 504 g/mol. The minimum atomic E-state index is -1.47. The van der Waals surface area contributed by atoms with Crippen molar-refractivity contribution in [3.05, 3.63) is 75.7 Å². The van der Waals surface area contributed by atoms with E-state index in [1.54, 1.807) is 17.0 Å². The zero-order valence-corrected chi connectivity index (χ0v) is 21.1. The van der Waals surface area contributed by atoms with Gasteiger partial charge < -0.3 is 27.4 Å². The molecule has 1 aromatic heterocycles. The Morgan fingerprint density at radius 2 is 1.94 bits per heavy atom. The third-order valence-corrected chi connectivity index (χ3v) is 8.59. The summed E-state index contributed by atoms with van der Waals surface area (Å²) >= 11 is 1.22. The fraction of sp³-hybridized carbons (Fsp3) is 0.296. The molecule has 2 aromatic carbocycles. The summed E-state index contributed by atoms with van der Waals surface area (Å²) in [6, 6.07) is 7.98. The summed E-state index contributed by atoms with van der Waals surface area (Å²) in [6.07, 6.45) is 1.90. The Morgan fingerprint density at radius 1 is 1.22 bits per heavy atom. The maximum atomic E-state index is 13.9. The second kappa shape index (κ2) is 8.55. The number of nitrogen functional groups attached to an aromatic ring is 1. The Labute approximate surface area is 213 Å². The van der Waals surface area contributed by atoms with Crippen LogP contribution in [-0.4, -0.2) is 41.6 Å². The van der Waals surface area contributed by atoms with Crippen molar-refractivity contribution < 1.29 is 14.4 Å². The van der Waals surface area contributed by atoms with Gasteiger partial charge in [0.15, 0.2) is 5.78 Å². The predicted octanol–water partition coefficient (Wildman–Crippen LogP) is 2.40. The summed E-state index contributed by atoms with van der Waals surface area (Å²) in [5, 5.41) is 3.69. The number of carbonyl (C=O) groups is 3. The van der Waals surface area contributed by atoms with E-state index in [-0.39, 0.29) is 23.6 Å². The van der Waals surface area contributed by atoms with Gasteiger partial charge in [-0.1, -0.05) is 36.4 Å². The zero-order valence-electron chi connectivity index (χ0n) is 20.3. The third-order valence-electron chi connectivity index (χ3n) is 7.34. The van der Waals surface area contributed by atoms with Crippen molar-refractivity contribution in [2.24, 2.45) is 11.5 Å². The smallest absolute Gasteiger partial charge is 0.262 e. The van der Waals surface area contributed by atoms with Crippen LogP contribution in [0.3, 0.4) is 0 Å². The molecular formula is C27H29N5O3S. The predicted molar refractivity (Wildman–Crippen MR) is 142 cm³/mol. The van der Waals surface area contributed by atoms with Crippen molar-refractivity contribution in [3.8, 4) is 0 Å². The first-order chi connectivity index (χ1) is 17.1. The number of nitrogens with zero attached hydrogens (tertiary/aromatic N) is 1. The number of hydrogen-bond acceptors (Lipinski definition) is 7. The Kier molecular flexibility index (Phi) is 5.74. The summed E-state index contributed by atoms with van der Waals surface area (Å²) in [7, 11) is 0. The summed E-state index contributed by atoms with van der Waals surface area (Å²) in [5.74, 6) is -0.878. The van der Waals surface area contributed by atoms with Gasteiger partial charge in [0, 0.05) is 35.8 Å². The normalized spacial score (nSPS) is 23.2. The van der Waals surface area contributed by atoms with Crippen LogP contribution in [0.1, 0.15) is 50.0 Å². The van der Waals surface area contributed by atoms with E-state index in [1.807, 2.05) is 32.0 Å². The first-order valence-electron chi connectivity index (χ1n) is 11.8. The molecule has 3 aromatic rings. The summed E-state index contributed by atoms with van der Waals surface area (Å²) in [4.78, 5) is 41.3. The Balaban J connectivity index is 1.62. The van der Waals surface area contributed by atoms with Crippen LogP contribution < -0.4 is 22.5 Å². The minimum Gasteiger partial charge on any atom is -0.398 e. The highest BCUT2D eigenvalue weighted by atomic mass is 32.1. The summed E-state index contributed by atoms with van der Waals surface area (Å²) in [6.45, 7) is 8.36. The molecule has 7 N–H and O–H groups in total. The van der Waals surface area contributed by atoms with Crippen LogP contribution in [0.25, 0.3) is 10.1 Å². The van der Waals surface area contributed by atoms with Gasteiger partial charge in [0.05, 0.1) is 15.6 Å². The fourth-order valence-corrected chi connectivity index (χ4v) is 6.74. The number of thiophene rings is 1. The van der Waals surface area contributed by atoms with Gasteiger partial charge >= 0.3 is 0 Å². The van der Waals surface area contributed by atoms with Crippen molar-refractivity contribution in [3.63, 3.8) is 0 Å². The van der Waals surface area contributed by atoms with Gasteiger partial charge in [-0.05, 0) is 49.1 Å². The molecule has 0 bridgehead atoms. The molecule has 0 radical (unpaired) electrons. The largest absolute Gasteiger partial charge is 0.398 e. The summed E-state index contributed by atoms with van der Waals surface area (Å²) in [5.41, 5.74) is 22.5. The van der Waals surface area contributed by atoms with Crippen LogP contribution in [0.2, 0.25) is 0 Å². The lowest BCUT2D eigenvalue weighted by Gasteiger charge is -2.37. The number of aryl methyl sites for hydroxylation is 2. The molecule has 5 rings (SSSR count). The summed E-state index contributed by atoms with van der Waals surface area (Å²) < 4.78 is 0.685. The molecule has 2 amide bonds. The zero-order chi connectivity index (χ0) is 25.9. The highest BCUT2D eigenvalue weighted by Crippen LogP contribution is 2.49. The Bertz CT molecular complexity index is 1460. The van der Waals surface area contributed by atoms with Crippen LogP contribution in [-0.2, 0) is 15.1 Å². The maximum absolute atomic E-state index is 13.9. The Morgan fingerprint density at radius 3 is 2.64 bits per heavy atom. The molecule has 8 nitrogen and oxygen atoms in total. The molecule has 2 heterocycles. The van der Waals surface area contributed by atoms with E-state index in [9.17, 15) is 14.4 Å². The molecule has 9 heteroatoms. The molecule has 36 heavy (non-hydrogen) atoms. The highest BCUT2D eigenvalue weighted by molar-refractivity contribution is 7.21. The molecule has 2 aliphatic rings. The lowest BCUT2D eigenvalue weighted by atomic mass is 9.69. The van der Waals surface area contributed by atoms with Gasteiger partial charge in [-0.15, -0.1) is 11.3 Å². The second-order valence-electron chi connectivity index (χ2n) is 9.67. The number of ketones is 1. The topological polar surface area (TPSA) is 145 Å². The van der Waals surface area contributed by atoms with Crippen LogP contribution in [0, 0.1) is 13.8 Å². The van der Waals surface area contributed by atoms with Crippen LogP contribution in [0.4, 0.5) is 5.69 Å². The number of Topliss-reactive ketones (excluding diaryl/α,β-unsaturated/α-hetero) is 1. The van der Waals surface area contributed by atoms with E-state index in [1.165, 1.54) is 17.4 Å². The Hall–Kier alpha value is -3.53. The fourth-order valence-electron chi connectivity index (χ4n) is 5.54. The number of carbonyl (C=O) groups excluding carboxylic acids is 3. The van der Waals surface area contributed by atoms with Crippen molar-refractivity contribution in [2.45, 2.75) is 37.9 Å². The molecule has 0 saturated carbocycles. The van der Waals surface area contributed by atoms with Crippen molar-refractivity contribution in [1.82, 2.24) is 10.2 Å². The highest BCUT2D eigenvalue weighted by Gasteiger charge is 2.49. The van der Waals surface area contributed by atoms with Gasteiger partial charge in [-0.3, -0.25) is 14.4 Å². The SMILES string of the molecule is C=CC(=O)N1CCC(NC(=O)c2sc3c(N)ccc4c3c2C(N)C(=O)C4(N)c2ccc(C)cc2C)C1. The number of hydrogen-bond donors (Lipinski definition) is 4. The van der Waals surface area contributed by atoms with Gasteiger partial charge in [-0.25, -0.2) is 0 Å². The first-order valence-corrected chi connectivity index (χ1v) is 12.6. The van der Waals surface area contributed by atoms with Gasteiger partial charge in [0.1, 0.15) is 5.54 Å².